The molecule has 0 fully saturated rings. The quantitative estimate of drug-likeness (QED) is 0.0441. The van der Waals surface area contributed by atoms with Crippen LogP contribution in [-0.4, -0.2) is 34.9 Å². The second kappa shape index (κ2) is 41.5. The number of amides is 1. The monoisotopic (exact) mass is 692 g/mol. The fraction of sp³-hybridized carbons (Fsp3) is 0.933. The third-order valence-electron chi connectivity index (χ3n) is 10.5. The zero-order valence-electron chi connectivity index (χ0n) is 33.5. The summed E-state index contributed by atoms with van der Waals surface area (Å²) in [6.07, 6.45) is 51.7. The average molecular weight is 692 g/mol. The van der Waals surface area contributed by atoms with Crippen molar-refractivity contribution in [2.24, 2.45) is 0 Å². The van der Waals surface area contributed by atoms with Crippen molar-refractivity contribution < 1.29 is 15.0 Å². The van der Waals surface area contributed by atoms with Gasteiger partial charge >= 0.3 is 0 Å². The molecule has 0 saturated heterocycles. The number of unbranched alkanes of at least 4 members (excludes halogenated alkanes) is 32. The maximum Gasteiger partial charge on any atom is 0.220 e. The van der Waals surface area contributed by atoms with E-state index in [1.807, 2.05) is 0 Å². The fourth-order valence-electron chi connectivity index (χ4n) is 7.06. The number of carbonyl (C=O) groups excluding carboxylic acids is 1. The lowest BCUT2D eigenvalue weighted by atomic mass is 10.0. The Labute approximate surface area is 307 Å². The third kappa shape index (κ3) is 38.2. The van der Waals surface area contributed by atoms with E-state index < -0.39 is 12.1 Å². The largest absolute Gasteiger partial charge is 0.394 e. The lowest BCUT2D eigenvalue weighted by molar-refractivity contribution is -0.123. The molecule has 4 nitrogen and oxygen atoms in total. The molecule has 0 rings (SSSR count). The number of aliphatic hydroxyl groups excluding tert-OH is 2. The van der Waals surface area contributed by atoms with Gasteiger partial charge in [0.25, 0.3) is 0 Å². The van der Waals surface area contributed by atoms with Crippen LogP contribution in [0.2, 0.25) is 0 Å². The molecule has 4 heteroatoms. The van der Waals surface area contributed by atoms with E-state index in [9.17, 15) is 15.0 Å². The lowest BCUT2D eigenvalue weighted by Gasteiger charge is -2.22. The average Bonchev–Trinajstić information content (AvgIpc) is 3.10. The molecule has 2 unspecified atom stereocenters. The highest BCUT2D eigenvalue weighted by Crippen LogP contribution is 2.16. The molecule has 2 atom stereocenters. The molecular weight excluding hydrogens is 602 g/mol. The molecule has 1 amide bonds. The Morgan fingerprint density at radius 3 is 1.12 bits per heavy atom. The van der Waals surface area contributed by atoms with Crippen LogP contribution in [0.5, 0.6) is 0 Å². The van der Waals surface area contributed by atoms with Crippen LogP contribution in [0.15, 0.2) is 12.2 Å². The molecule has 0 spiro atoms. The van der Waals surface area contributed by atoms with Gasteiger partial charge in [0, 0.05) is 6.42 Å². The summed E-state index contributed by atoms with van der Waals surface area (Å²) in [5.41, 5.74) is 0. The van der Waals surface area contributed by atoms with Crippen molar-refractivity contribution in [2.75, 3.05) is 6.61 Å². The van der Waals surface area contributed by atoms with Crippen molar-refractivity contribution in [3.63, 3.8) is 0 Å². The van der Waals surface area contributed by atoms with Crippen LogP contribution < -0.4 is 5.32 Å². The van der Waals surface area contributed by atoms with Gasteiger partial charge in [-0.1, -0.05) is 219 Å². The highest BCUT2D eigenvalue weighted by Gasteiger charge is 2.20. The summed E-state index contributed by atoms with van der Waals surface area (Å²) in [5.74, 6) is -0.0308. The van der Waals surface area contributed by atoms with Gasteiger partial charge in [-0.05, 0) is 38.5 Å². The Morgan fingerprint density at radius 2 is 0.776 bits per heavy atom. The van der Waals surface area contributed by atoms with Crippen molar-refractivity contribution >= 4 is 5.91 Å². The van der Waals surface area contributed by atoms with Gasteiger partial charge in [0.05, 0.1) is 18.8 Å². The van der Waals surface area contributed by atoms with Crippen molar-refractivity contribution in [2.45, 2.75) is 264 Å². The first kappa shape index (κ1) is 48.1. The van der Waals surface area contributed by atoms with Gasteiger partial charge in [0.2, 0.25) is 5.91 Å². The number of carbonyl (C=O) groups is 1. The zero-order chi connectivity index (χ0) is 35.7. The number of nitrogens with one attached hydrogen (secondary N) is 1. The molecule has 49 heavy (non-hydrogen) atoms. The lowest BCUT2D eigenvalue weighted by Crippen LogP contribution is -2.45. The second-order valence-corrected chi connectivity index (χ2v) is 15.5. The van der Waals surface area contributed by atoms with Crippen LogP contribution in [0.25, 0.3) is 0 Å². The molecule has 0 aliphatic rings. The third-order valence-corrected chi connectivity index (χ3v) is 10.5. The molecule has 0 radical (unpaired) electrons. The molecule has 0 aromatic carbocycles. The molecule has 3 N–H and O–H groups in total. The van der Waals surface area contributed by atoms with Crippen LogP contribution in [-0.2, 0) is 4.79 Å². The van der Waals surface area contributed by atoms with Crippen LogP contribution in [0, 0.1) is 0 Å². The maximum absolute atomic E-state index is 12.3. The summed E-state index contributed by atoms with van der Waals surface area (Å²) in [6, 6.07) is -0.529. The van der Waals surface area contributed by atoms with Crippen molar-refractivity contribution in [1.29, 1.82) is 0 Å². The van der Waals surface area contributed by atoms with E-state index in [0.29, 0.717) is 12.8 Å². The van der Waals surface area contributed by atoms with Crippen LogP contribution in [0.4, 0.5) is 0 Å². The Hall–Kier alpha value is -0.870. The molecule has 0 aliphatic carbocycles. The topological polar surface area (TPSA) is 69.6 Å². The van der Waals surface area contributed by atoms with Gasteiger partial charge in [0.1, 0.15) is 0 Å². The number of hydrogen-bond donors (Lipinski definition) is 3. The predicted octanol–water partition coefficient (Wildman–Crippen LogP) is 13.9. The van der Waals surface area contributed by atoms with E-state index in [0.717, 1.165) is 25.7 Å². The molecule has 292 valence electrons. The van der Waals surface area contributed by atoms with Crippen LogP contribution >= 0.6 is 0 Å². The minimum Gasteiger partial charge on any atom is -0.394 e. The molecule has 0 heterocycles. The Kier molecular flexibility index (Phi) is 40.8. The van der Waals surface area contributed by atoms with Crippen molar-refractivity contribution in [3.8, 4) is 0 Å². The smallest absolute Gasteiger partial charge is 0.220 e. The van der Waals surface area contributed by atoms with E-state index in [-0.39, 0.29) is 12.5 Å². The van der Waals surface area contributed by atoms with E-state index in [1.165, 1.54) is 199 Å². The standard InChI is InChI=1S/C45H89NO3/c1-3-5-7-9-11-13-14-15-16-17-18-19-20-21-22-23-24-25-26-27-28-29-30-31-32-33-35-37-39-41-45(49)46-43(42-47)44(48)40-38-36-34-12-10-8-6-4-2/h17-18,43-44,47-48H,3-16,19-42H2,1-2H3,(H,46,49)/b18-17-. The van der Waals surface area contributed by atoms with Gasteiger partial charge in [-0.25, -0.2) is 0 Å². The molecular formula is C45H89NO3. The first-order valence-corrected chi connectivity index (χ1v) is 22.4. The van der Waals surface area contributed by atoms with E-state index in [4.69, 9.17) is 0 Å². The summed E-state index contributed by atoms with van der Waals surface area (Å²) < 4.78 is 0. The Bertz CT molecular complexity index is 666. The van der Waals surface area contributed by atoms with E-state index >= 15 is 0 Å². The molecule has 0 aromatic rings. The molecule has 0 aliphatic heterocycles. The highest BCUT2D eigenvalue weighted by molar-refractivity contribution is 5.76. The number of rotatable bonds is 41. The Morgan fingerprint density at radius 1 is 0.469 bits per heavy atom. The SMILES string of the molecule is CCCCCCCCCC/C=C\CCCCCCCCCCCCCCCCCCCC(=O)NC(CO)C(O)CCCCCCCCCC. The first-order valence-electron chi connectivity index (χ1n) is 22.4. The van der Waals surface area contributed by atoms with Crippen LogP contribution in [0.3, 0.4) is 0 Å². The molecule has 0 aromatic heterocycles. The van der Waals surface area contributed by atoms with Crippen molar-refractivity contribution in [3.05, 3.63) is 12.2 Å². The summed E-state index contributed by atoms with van der Waals surface area (Å²) in [7, 11) is 0. The molecule has 0 bridgehead atoms. The second-order valence-electron chi connectivity index (χ2n) is 15.5. The van der Waals surface area contributed by atoms with Gasteiger partial charge in [-0.15, -0.1) is 0 Å². The van der Waals surface area contributed by atoms with Gasteiger partial charge in [-0.2, -0.15) is 0 Å². The summed E-state index contributed by atoms with van der Waals surface area (Å²) >= 11 is 0. The molecule has 0 saturated carbocycles. The van der Waals surface area contributed by atoms with E-state index in [2.05, 4.69) is 31.3 Å². The minimum atomic E-state index is -0.652. The summed E-state index contributed by atoms with van der Waals surface area (Å²) in [4.78, 5) is 12.3. The van der Waals surface area contributed by atoms with Crippen molar-refractivity contribution in [1.82, 2.24) is 5.32 Å². The zero-order valence-corrected chi connectivity index (χ0v) is 33.5. The summed E-state index contributed by atoms with van der Waals surface area (Å²) in [5, 5.41) is 23.0. The van der Waals surface area contributed by atoms with Gasteiger partial charge in [-0.3, -0.25) is 4.79 Å². The highest BCUT2D eigenvalue weighted by atomic mass is 16.3. The van der Waals surface area contributed by atoms with E-state index in [1.54, 1.807) is 0 Å². The minimum absolute atomic E-state index is 0.0308. The van der Waals surface area contributed by atoms with Crippen LogP contribution in [0.1, 0.15) is 251 Å². The predicted molar refractivity (Wildman–Crippen MR) is 216 cm³/mol. The maximum atomic E-state index is 12.3. The summed E-state index contributed by atoms with van der Waals surface area (Å²) in [6.45, 7) is 4.34. The first-order chi connectivity index (χ1) is 24.2. The fourth-order valence-corrected chi connectivity index (χ4v) is 7.06. The number of aliphatic hydroxyl groups is 2. The number of hydrogen-bond acceptors (Lipinski definition) is 3. The van der Waals surface area contributed by atoms with Gasteiger partial charge < -0.3 is 15.5 Å². The Balaban J connectivity index is 3.37. The number of allylic oxidation sites excluding steroid dienone is 2. The van der Waals surface area contributed by atoms with Gasteiger partial charge in [0.15, 0.2) is 0 Å². The normalized spacial score (nSPS) is 13.0.